The molecule has 2 nitrogen and oxygen atoms in total. The lowest BCUT2D eigenvalue weighted by Crippen LogP contribution is -2.61. The van der Waals surface area contributed by atoms with E-state index in [4.69, 9.17) is 0 Å². The number of carbonyl (C=O) groups excluding carboxylic acids is 1. The summed E-state index contributed by atoms with van der Waals surface area (Å²) in [5.41, 5.74) is 0.789. The second-order valence-corrected chi connectivity index (χ2v) is 9.98. The molecule has 1 amide bonds. The minimum absolute atomic E-state index is 0.0463. The molecule has 0 N–H and O–H groups in total. The third-order valence-electron chi connectivity index (χ3n) is 6.29. The molecule has 3 heteroatoms. The van der Waals surface area contributed by atoms with Crippen molar-refractivity contribution in [2.24, 2.45) is 22.2 Å². The molecule has 4 aliphatic rings. The maximum Gasteiger partial charge on any atom is 0.229 e. The lowest BCUT2D eigenvalue weighted by atomic mass is 9.40. The molecule has 120 valence electrons. The van der Waals surface area contributed by atoms with Gasteiger partial charge in [0.15, 0.2) is 0 Å². The first-order valence-electron chi connectivity index (χ1n) is 8.58. The van der Waals surface area contributed by atoms with Crippen LogP contribution in [0.25, 0.3) is 0 Å². The van der Waals surface area contributed by atoms with Gasteiger partial charge in [-0.05, 0) is 69.1 Å². The molecule has 0 aromatic rings. The van der Waals surface area contributed by atoms with Gasteiger partial charge >= 0.3 is 0 Å². The highest BCUT2D eigenvalue weighted by Crippen LogP contribution is 2.69. The monoisotopic (exact) mass is 355 g/mol. The molecule has 4 bridgehead atoms. The number of hydrogen-bond donors (Lipinski definition) is 0. The number of rotatable bonds is 4. The maximum absolute atomic E-state index is 13.4. The molecular weight excluding hydrogens is 326 g/mol. The fraction of sp³-hybridized carbons (Fsp3) is 0.944. The van der Waals surface area contributed by atoms with Gasteiger partial charge in [0.2, 0.25) is 5.91 Å². The highest BCUT2D eigenvalue weighted by Gasteiger charge is 2.63. The van der Waals surface area contributed by atoms with Crippen LogP contribution < -0.4 is 0 Å². The van der Waals surface area contributed by atoms with Crippen molar-refractivity contribution in [1.82, 2.24) is 4.90 Å². The van der Waals surface area contributed by atoms with Crippen molar-refractivity contribution in [3.8, 4) is 0 Å². The molecule has 2 unspecified atom stereocenters. The Kier molecular flexibility index (Phi) is 3.75. The number of hydrogen-bond acceptors (Lipinski definition) is 1. The van der Waals surface area contributed by atoms with E-state index in [2.05, 4.69) is 48.5 Å². The molecule has 4 fully saturated rings. The summed E-state index contributed by atoms with van der Waals surface area (Å²) in [6, 6.07) is 0.309. The number of amides is 1. The molecule has 4 aliphatic carbocycles. The minimum Gasteiger partial charge on any atom is -0.339 e. The molecule has 21 heavy (non-hydrogen) atoms. The summed E-state index contributed by atoms with van der Waals surface area (Å²) in [5.74, 6) is 1.25. The highest BCUT2D eigenvalue weighted by atomic mass is 79.9. The summed E-state index contributed by atoms with van der Waals surface area (Å²) in [7, 11) is 0. The predicted octanol–water partition coefficient (Wildman–Crippen LogP) is 4.61. The zero-order chi connectivity index (χ0) is 15.5. The Labute approximate surface area is 138 Å². The molecule has 4 rings (SSSR count). The van der Waals surface area contributed by atoms with Crippen LogP contribution in [0.1, 0.15) is 66.2 Å². The molecule has 0 aromatic carbocycles. The van der Waals surface area contributed by atoms with Crippen LogP contribution in [0.2, 0.25) is 0 Å². The zero-order valence-corrected chi connectivity index (χ0v) is 15.6. The van der Waals surface area contributed by atoms with E-state index in [-0.39, 0.29) is 5.41 Å². The standard InChI is InChI=1S/C18H30BrNO/c1-13(2)20(6-5-19)15(21)18-9-14-7-16(3,11-18)10-17(4,8-14)12-18/h13-14H,5-12H2,1-4H3. The van der Waals surface area contributed by atoms with Crippen LogP contribution in [-0.2, 0) is 4.79 Å². The summed E-state index contributed by atoms with van der Waals surface area (Å²) >= 11 is 3.52. The van der Waals surface area contributed by atoms with Crippen LogP contribution >= 0.6 is 15.9 Å². The van der Waals surface area contributed by atoms with E-state index in [1.165, 1.54) is 19.3 Å². The van der Waals surface area contributed by atoms with Crippen molar-refractivity contribution in [1.29, 1.82) is 0 Å². The highest BCUT2D eigenvalue weighted by molar-refractivity contribution is 9.09. The average molecular weight is 356 g/mol. The molecule has 0 aromatic heterocycles. The summed E-state index contributed by atoms with van der Waals surface area (Å²) in [6.45, 7) is 10.1. The molecule has 0 radical (unpaired) electrons. The lowest BCUT2D eigenvalue weighted by Gasteiger charge is -2.65. The Morgan fingerprint density at radius 1 is 1.14 bits per heavy atom. The maximum atomic E-state index is 13.4. The largest absolute Gasteiger partial charge is 0.339 e. The molecular formula is C18H30BrNO. The fourth-order valence-electron chi connectivity index (χ4n) is 6.68. The minimum atomic E-state index is -0.0463. The normalized spacial score (nSPS) is 44.4. The van der Waals surface area contributed by atoms with Gasteiger partial charge in [0.05, 0.1) is 5.41 Å². The fourth-order valence-corrected chi connectivity index (χ4v) is 7.06. The number of nitrogens with zero attached hydrogens (tertiary/aromatic N) is 1. The Morgan fingerprint density at radius 3 is 2.14 bits per heavy atom. The van der Waals surface area contributed by atoms with Gasteiger partial charge in [-0.1, -0.05) is 29.8 Å². The van der Waals surface area contributed by atoms with Crippen molar-refractivity contribution in [3.63, 3.8) is 0 Å². The van der Waals surface area contributed by atoms with Crippen molar-refractivity contribution in [2.75, 3.05) is 11.9 Å². The predicted molar refractivity (Wildman–Crippen MR) is 90.5 cm³/mol. The molecule has 0 spiro atoms. The van der Waals surface area contributed by atoms with Crippen molar-refractivity contribution >= 4 is 21.8 Å². The third-order valence-corrected chi connectivity index (χ3v) is 6.64. The first-order valence-corrected chi connectivity index (χ1v) is 9.70. The van der Waals surface area contributed by atoms with Gasteiger partial charge in [0.25, 0.3) is 0 Å². The second-order valence-electron chi connectivity index (χ2n) is 9.19. The van der Waals surface area contributed by atoms with Crippen molar-refractivity contribution in [3.05, 3.63) is 0 Å². The Hall–Kier alpha value is -0.0500. The summed E-state index contributed by atoms with van der Waals surface area (Å²) < 4.78 is 0. The third kappa shape index (κ3) is 2.58. The number of carbonyl (C=O) groups is 1. The zero-order valence-electron chi connectivity index (χ0n) is 14.0. The Morgan fingerprint density at radius 2 is 1.71 bits per heavy atom. The molecule has 0 heterocycles. The number of alkyl halides is 1. The van der Waals surface area contributed by atoms with Gasteiger partial charge in [-0.15, -0.1) is 0 Å². The van der Waals surface area contributed by atoms with Crippen LogP contribution in [0.3, 0.4) is 0 Å². The van der Waals surface area contributed by atoms with Gasteiger partial charge in [-0.25, -0.2) is 0 Å². The van der Waals surface area contributed by atoms with E-state index >= 15 is 0 Å². The van der Waals surface area contributed by atoms with Gasteiger partial charge < -0.3 is 4.90 Å². The van der Waals surface area contributed by atoms with Crippen LogP contribution in [0.5, 0.6) is 0 Å². The molecule has 2 atom stereocenters. The van der Waals surface area contributed by atoms with E-state index in [1.54, 1.807) is 0 Å². The van der Waals surface area contributed by atoms with Crippen LogP contribution in [-0.4, -0.2) is 28.7 Å². The van der Waals surface area contributed by atoms with Crippen molar-refractivity contribution in [2.45, 2.75) is 72.3 Å². The Balaban J connectivity index is 1.92. The lowest BCUT2D eigenvalue weighted by molar-refractivity contribution is -0.180. The molecule has 0 saturated heterocycles. The second kappa shape index (κ2) is 4.97. The topological polar surface area (TPSA) is 20.3 Å². The summed E-state index contributed by atoms with van der Waals surface area (Å²) in [4.78, 5) is 15.6. The van der Waals surface area contributed by atoms with Crippen molar-refractivity contribution < 1.29 is 4.79 Å². The number of halogens is 1. The van der Waals surface area contributed by atoms with E-state index in [0.717, 1.165) is 37.1 Å². The van der Waals surface area contributed by atoms with E-state index < -0.39 is 0 Å². The quantitative estimate of drug-likeness (QED) is 0.674. The van der Waals surface area contributed by atoms with Crippen LogP contribution in [0, 0.1) is 22.2 Å². The summed E-state index contributed by atoms with van der Waals surface area (Å²) in [6.07, 6.45) is 7.48. The van der Waals surface area contributed by atoms with E-state index in [9.17, 15) is 4.79 Å². The van der Waals surface area contributed by atoms with Crippen LogP contribution in [0.4, 0.5) is 0 Å². The van der Waals surface area contributed by atoms with Crippen LogP contribution in [0.15, 0.2) is 0 Å². The SMILES string of the molecule is CC(C)N(CCBr)C(=O)C12CC3CC(C)(CC(C)(C3)C1)C2. The van der Waals surface area contributed by atoms with E-state index in [1.807, 2.05) is 0 Å². The van der Waals surface area contributed by atoms with Gasteiger partial charge in [-0.2, -0.15) is 0 Å². The van der Waals surface area contributed by atoms with Gasteiger partial charge in [-0.3, -0.25) is 4.79 Å². The summed E-state index contributed by atoms with van der Waals surface area (Å²) in [5, 5.41) is 0.880. The Bertz CT molecular complexity index is 428. The first-order chi connectivity index (χ1) is 9.71. The smallest absolute Gasteiger partial charge is 0.229 e. The first kappa shape index (κ1) is 15.8. The van der Waals surface area contributed by atoms with Gasteiger partial charge in [0.1, 0.15) is 0 Å². The average Bonchev–Trinajstić information content (AvgIpc) is 2.30. The van der Waals surface area contributed by atoms with Gasteiger partial charge in [0, 0.05) is 17.9 Å². The van der Waals surface area contributed by atoms with E-state index in [0.29, 0.717) is 22.8 Å². The molecule has 0 aliphatic heterocycles. The molecule has 4 saturated carbocycles.